The van der Waals surface area contributed by atoms with Crippen LogP contribution in [-0.4, -0.2) is 7.11 Å². The van der Waals surface area contributed by atoms with Gasteiger partial charge in [-0.3, -0.25) is 0 Å². The maximum absolute atomic E-state index is 5.15. The molecule has 0 aliphatic heterocycles. The zero-order valence-electron chi connectivity index (χ0n) is 9.18. The van der Waals surface area contributed by atoms with Crippen molar-refractivity contribution in [1.82, 2.24) is 0 Å². The zero-order chi connectivity index (χ0) is 10.7. The number of allylic oxidation sites excluding steroid dienone is 4. The van der Waals surface area contributed by atoms with Crippen molar-refractivity contribution in [3.63, 3.8) is 0 Å². The first-order valence-corrected chi connectivity index (χ1v) is 5.30. The number of methoxy groups -OCH3 is 1. The Kier molecular flexibility index (Phi) is 2.91. The van der Waals surface area contributed by atoms with Gasteiger partial charge in [0.25, 0.3) is 0 Å². The van der Waals surface area contributed by atoms with Gasteiger partial charge >= 0.3 is 0 Å². The lowest BCUT2D eigenvalue weighted by Crippen LogP contribution is -2.06. The minimum Gasteiger partial charge on any atom is -0.497 e. The molecule has 0 heterocycles. The summed E-state index contributed by atoms with van der Waals surface area (Å²) < 4.78 is 5.15. The van der Waals surface area contributed by atoms with Crippen LogP contribution < -0.4 is 4.74 Å². The Balaban J connectivity index is 2.22. The van der Waals surface area contributed by atoms with Crippen molar-refractivity contribution in [1.29, 1.82) is 0 Å². The van der Waals surface area contributed by atoms with E-state index in [4.69, 9.17) is 4.74 Å². The molecule has 0 saturated carbocycles. The second kappa shape index (κ2) is 4.35. The third-order valence-electron chi connectivity index (χ3n) is 2.91. The van der Waals surface area contributed by atoms with Crippen molar-refractivity contribution >= 4 is 0 Å². The molecule has 15 heavy (non-hydrogen) atoms. The lowest BCUT2D eigenvalue weighted by Gasteiger charge is -2.20. The predicted octanol–water partition coefficient (Wildman–Crippen LogP) is 3.54. The minimum atomic E-state index is 0.501. The molecule has 1 aliphatic carbocycles. The first-order chi connectivity index (χ1) is 7.31. The molecule has 1 nitrogen and oxygen atoms in total. The fraction of sp³-hybridized carbons (Fsp3) is 0.286. The van der Waals surface area contributed by atoms with Crippen LogP contribution in [0.4, 0.5) is 0 Å². The van der Waals surface area contributed by atoms with Crippen molar-refractivity contribution in [3.05, 3.63) is 54.1 Å². The molecule has 0 saturated heterocycles. The summed E-state index contributed by atoms with van der Waals surface area (Å²) in [7, 11) is 1.70. The van der Waals surface area contributed by atoms with E-state index in [1.807, 2.05) is 12.1 Å². The minimum absolute atomic E-state index is 0.501. The highest BCUT2D eigenvalue weighted by Crippen LogP contribution is 2.30. The van der Waals surface area contributed by atoms with Crippen LogP contribution in [0.2, 0.25) is 0 Å². The number of hydrogen-bond acceptors (Lipinski definition) is 1. The summed E-state index contributed by atoms with van der Waals surface area (Å²) in [6.07, 6.45) is 8.74. The highest BCUT2D eigenvalue weighted by Gasteiger charge is 2.15. The van der Waals surface area contributed by atoms with E-state index in [9.17, 15) is 0 Å². The quantitative estimate of drug-likeness (QED) is 0.709. The topological polar surface area (TPSA) is 9.23 Å². The van der Waals surface area contributed by atoms with Gasteiger partial charge in [0, 0.05) is 5.92 Å². The molecule has 0 fully saturated rings. The summed E-state index contributed by atoms with van der Waals surface area (Å²) in [4.78, 5) is 0. The highest BCUT2D eigenvalue weighted by molar-refractivity contribution is 5.34. The van der Waals surface area contributed by atoms with Crippen molar-refractivity contribution in [2.24, 2.45) is 5.92 Å². The van der Waals surface area contributed by atoms with E-state index in [0.29, 0.717) is 11.8 Å². The fourth-order valence-electron chi connectivity index (χ4n) is 1.96. The van der Waals surface area contributed by atoms with Crippen molar-refractivity contribution in [2.45, 2.75) is 12.8 Å². The average Bonchev–Trinajstić information content (AvgIpc) is 2.30. The molecule has 2 atom stereocenters. The van der Waals surface area contributed by atoms with Gasteiger partial charge in [-0.2, -0.15) is 0 Å². The van der Waals surface area contributed by atoms with Crippen LogP contribution in [0, 0.1) is 5.92 Å². The Bertz CT molecular complexity index is 373. The summed E-state index contributed by atoms with van der Waals surface area (Å²) in [6.45, 7) is 2.24. The lowest BCUT2D eigenvalue weighted by atomic mass is 9.84. The van der Waals surface area contributed by atoms with E-state index >= 15 is 0 Å². The first-order valence-electron chi connectivity index (χ1n) is 5.30. The number of hydrogen-bond donors (Lipinski definition) is 0. The normalized spacial score (nSPS) is 24.1. The Labute approximate surface area is 91.1 Å². The van der Waals surface area contributed by atoms with Crippen LogP contribution in [0.5, 0.6) is 5.75 Å². The molecule has 1 heteroatoms. The van der Waals surface area contributed by atoms with E-state index < -0.39 is 0 Å². The van der Waals surface area contributed by atoms with E-state index in [1.54, 1.807) is 7.11 Å². The maximum Gasteiger partial charge on any atom is 0.118 e. The molecular weight excluding hydrogens is 184 g/mol. The van der Waals surface area contributed by atoms with Crippen LogP contribution >= 0.6 is 0 Å². The monoisotopic (exact) mass is 200 g/mol. The molecule has 2 rings (SSSR count). The Morgan fingerprint density at radius 1 is 1.00 bits per heavy atom. The zero-order valence-corrected chi connectivity index (χ0v) is 9.18. The van der Waals surface area contributed by atoms with E-state index in [-0.39, 0.29) is 0 Å². The van der Waals surface area contributed by atoms with Crippen molar-refractivity contribution < 1.29 is 4.74 Å². The highest BCUT2D eigenvalue weighted by atomic mass is 16.5. The third-order valence-corrected chi connectivity index (χ3v) is 2.91. The summed E-state index contributed by atoms with van der Waals surface area (Å²) >= 11 is 0. The first kappa shape index (κ1) is 10.0. The van der Waals surface area contributed by atoms with Crippen molar-refractivity contribution in [3.8, 4) is 5.75 Å². The molecule has 2 unspecified atom stereocenters. The van der Waals surface area contributed by atoms with Gasteiger partial charge < -0.3 is 4.74 Å². The van der Waals surface area contributed by atoms with E-state index in [0.717, 1.165) is 5.75 Å². The molecule has 0 spiro atoms. The molecule has 1 aromatic rings. The Hall–Kier alpha value is -1.50. The Morgan fingerprint density at radius 3 is 2.27 bits per heavy atom. The largest absolute Gasteiger partial charge is 0.497 e. The molecule has 1 aliphatic rings. The van der Waals surface area contributed by atoms with E-state index in [2.05, 4.69) is 43.4 Å². The molecule has 0 bridgehead atoms. The predicted molar refractivity (Wildman–Crippen MR) is 63.2 cm³/mol. The molecule has 0 amide bonds. The van der Waals surface area contributed by atoms with Gasteiger partial charge in [-0.1, -0.05) is 43.4 Å². The van der Waals surface area contributed by atoms with Crippen molar-refractivity contribution in [2.75, 3.05) is 7.11 Å². The van der Waals surface area contributed by atoms with Gasteiger partial charge in [-0.25, -0.2) is 0 Å². The maximum atomic E-state index is 5.15. The number of benzene rings is 1. The molecule has 0 aromatic heterocycles. The third kappa shape index (κ3) is 2.12. The Morgan fingerprint density at radius 2 is 1.67 bits per heavy atom. The van der Waals surface area contributed by atoms with Crippen LogP contribution in [0.25, 0.3) is 0 Å². The molecule has 0 radical (unpaired) electrons. The van der Waals surface area contributed by atoms with Gasteiger partial charge in [0.1, 0.15) is 5.75 Å². The summed E-state index contributed by atoms with van der Waals surface area (Å²) in [5, 5.41) is 0. The fourth-order valence-corrected chi connectivity index (χ4v) is 1.96. The van der Waals surface area contributed by atoms with Crippen LogP contribution in [-0.2, 0) is 0 Å². The second-order valence-corrected chi connectivity index (χ2v) is 3.93. The van der Waals surface area contributed by atoms with Gasteiger partial charge in [0.05, 0.1) is 7.11 Å². The molecular formula is C14H16O. The van der Waals surface area contributed by atoms with Gasteiger partial charge in [0.15, 0.2) is 0 Å². The number of rotatable bonds is 2. The van der Waals surface area contributed by atoms with Gasteiger partial charge in [-0.15, -0.1) is 0 Å². The SMILES string of the molecule is COc1ccc(C2C=CC=CC2C)cc1. The van der Waals surface area contributed by atoms with Crippen LogP contribution in [0.15, 0.2) is 48.6 Å². The molecule has 78 valence electrons. The summed E-state index contributed by atoms with van der Waals surface area (Å²) in [6, 6.07) is 8.33. The standard InChI is InChI=1S/C14H16O/c1-11-5-3-4-6-14(11)12-7-9-13(15-2)10-8-12/h3-11,14H,1-2H3. The van der Waals surface area contributed by atoms with Gasteiger partial charge in [0.2, 0.25) is 0 Å². The average molecular weight is 200 g/mol. The number of ether oxygens (including phenoxy) is 1. The van der Waals surface area contributed by atoms with Crippen LogP contribution in [0.1, 0.15) is 18.4 Å². The summed E-state index contributed by atoms with van der Waals surface area (Å²) in [5.74, 6) is 1.99. The smallest absolute Gasteiger partial charge is 0.118 e. The molecule has 0 N–H and O–H groups in total. The lowest BCUT2D eigenvalue weighted by molar-refractivity contribution is 0.414. The van der Waals surface area contributed by atoms with Gasteiger partial charge in [-0.05, 0) is 23.6 Å². The van der Waals surface area contributed by atoms with E-state index in [1.165, 1.54) is 5.56 Å². The second-order valence-electron chi connectivity index (χ2n) is 3.93. The summed E-state index contributed by atoms with van der Waals surface area (Å²) in [5.41, 5.74) is 1.35. The van der Waals surface area contributed by atoms with Crippen LogP contribution in [0.3, 0.4) is 0 Å². The molecule has 1 aromatic carbocycles.